The van der Waals surface area contributed by atoms with Gasteiger partial charge in [0.2, 0.25) is 0 Å². The van der Waals surface area contributed by atoms with Gasteiger partial charge in [0.25, 0.3) is 0 Å². The summed E-state index contributed by atoms with van der Waals surface area (Å²) in [5.74, 6) is 0.665. The fourth-order valence-electron chi connectivity index (χ4n) is 2.65. The zero-order valence-electron chi connectivity index (χ0n) is 13.6. The Morgan fingerprint density at radius 1 is 0.783 bits per heavy atom. The van der Waals surface area contributed by atoms with Crippen LogP contribution in [-0.2, 0) is 12.8 Å². The van der Waals surface area contributed by atoms with Crippen LogP contribution < -0.4 is 0 Å². The number of benzene rings is 2. The number of phenols is 2. The number of rotatable bonds is 8. The summed E-state index contributed by atoms with van der Waals surface area (Å²) in [5.41, 5.74) is 2.33. The third kappa shape index (κ3) is 6.93. The van der Waals surface area contributed by atoms with Crippen LogP contribution in [0.25, 0.3) is 0 Å². The summed E-state index contributed by atoms with van der Waals surface area (Å²) in [6.07, 6.45) is 3.00. The van der Waals surface area contributed by atoms with Crippen molar-refractivity contribution in [2.45, 2.75) is 26.2 Å². The Kier molecular flexibility index (Phi) is 8.52. The molecule has 0 unspecified atom stereocenters. The number of halogens is 1. The molecule has 2 rings (SSSR count). The number of aromatic hydroxyl groups is 2. The molecule has 0 saturated carbocycles. The molecule has 0 spiro atoms. The first kappa shape index (κ1) is 19.3. The lowest BCUT2D eigenvalue weighted by atomic mass is 10.1. The van der Waals surface area contributed by atoms with Crippen LogP contribution in [0.3, 0.4) is 0 Å². The van der Waals surface area contributed by atoms with Crippen LogP contribution in [0.1, 0.15) is 24.5 Å². The summed E-state index contributed by atoms with van der Waals surface area (Å²) in [7, 11) is 0. The van der Waals surface area contributed by atoms with E-state index in [1.54, 1.807) is 12.1 Å². The maximum absolute atomic E-state index is 9.52. The molecule has 4 heteroatoms. The van der Waals surface area contributed by atoms with Crippen LogP contribution >= 0.6 is 12.4 Å². The summed E-state index contributed by atoms with van der Waals surface area (Å²) in [6, 6.07) is 15.0. The van der Waals surface area contributed by atoms with Gasteiger partial charge in [0.15, 0.2) is 0 Å². The molecule has 0 radical (unpaired) electrons. The second-order valence-corrected chi connectivity index (χ2v) is 5.68. The molecule has 0 amide bonds. The van der Waals surface area contributed by atoms with Crippen LogP contribution in [-0.4, -0.2) is 34.7 Å². The Bertz CT molecular complexity index is 540. The Labute approximate surface area is 145 Å². The first-order valence-corrected chi connectivity index (χ1v) is 7.95. The summed E-state index contributed by atoms with van der Waals surface area (Å²) in [5, 5.41) is 19.0. The molecule has 126 valence electrons. The maximum atomic E-state index is 9.52. The SMILES string of the molecule is CCCN(CCc1cccc(O)c1)CCc1cccc(O)c1.Cl. The summed E-state index contributed by atoms with van der Waals surface area (Å²) in [4.78, 5) is 2.44. The predicted molar refractivity (Wildman–Crippen MR) is 97.6 cm³/mol. The minimum absolute atomic E-state index is 0. The van der Waals surface area contributed by atoms with Gasteiger partial charge in [0.1, 0.15) is 11.5 Å². The molecule has 0 aromatic heterocycles. The Morgan fingerprint density at radius 3 is 1.65 bits per heavy atom. The van der Waals surface area contributed by atoms with Crippen LogP contribution in [0.15, 0.2) is 48.5 Å². The van der Waals surface area contributed by atoms with E-state index in [1.807, 2.05) is 24.3 Å². The van der Waals surface area contributed by atoms with Crippen molar-refractivity contribution < 1.29 is 10.2 Å². The predicted octanol–water partition coefficient (Wildman–Crippen LogP) is 4.02. The fourth-order valence-corrected chi connectivity index (χ4v) is 2.65. The summed E-state index contributed by atoms with van der Waals surface area (Å²) >= 11 is 0. The Balaban J connectivity index is 0.00000264. The van der Waals surface area contributed by atoms with E-state index in [4.69, 9.17) is 0 Å². The van der Waals surface area contributed by atoms with E-state index in [-0.39, 0.29) is 12.4 Å². The van der Waals surface area contributed by atoms with Gasteiger partial charge < -0.3 is 15.1 Å². The van der Waals surface area contributed by atoms with E-state index in [0.717, 1.165) is 38.9 Å². The van der Waals surface area contributed by atoms with Gasteiger partial charge in [0.05, 0.1) is 0 Å². The van der Waals surface area contributed by atoms with Gasteiger partial charge in [-0.1, -0.05) is 31.2 Å². The molecular formula is C19H26ClNO2. The van der Waals surface area contributed by atoms with Crippen LogP contribution in [0.5, 0.6) is 11.5 Å². The summed E-state index contributed by atoms with van der Waals surface area (Å²) < 4.78 is 0. The van der Waals surface area contributed by atoms with Gasteiger partial charge >= 0.3 is 0 Å². The average molecular weight is 336 g/mol. The molecule has 23 heavy (non-hydrogen) atoms. The van der Waals surface area contributed by atoms with Crippen molar-refractivity contribution in [3.05, 3.63) is 59.7 Å². The number of phenolic OH excluding ortho intramolecular Hbond substituents is 2. The number of hydrogen-bond acceptors (Lipinski definition) is 3. The van der Waals surface area contributed by atoms with Gasteiger partial charge in [-0.3, -0.25) is 0 Å². The molecule has 0 aliphatic rings. The van der Waals surface area contributed by atoms with Crippen molar-refractivity contribution in [1.82, 2.24) is 4.90 Å². The minimum Gasteiger partial charge on any atom is -0.508 e. The van der Waals surface area contributed by atoms with Crippen molar-refractivity contribution in [3.63, 3.8) is 0 Å². The first-order valence-electron chi connectivity index (χ1n) is 7.95. The van der Waals surface area contributed by atoms with Gasteiger partial charge in [-0.2, -0.15) is 0 Å². The van der Waals surface area contributed by atoms with Crippen molar-refractivity contribution >= 4 is 12.4 Å². The van der Waals surface area contributed by atoms with Gasteiger partial charge in [-0.05, 0) is 61.2 Å². The smallest absolute Gasteiger partial charge is 0.115 e. The Hall–Kier alpha value is -1.71. The molecule has 3 nitrogen and oxygen atoms in total. The van der Waals surface area contributed by atoms with E-state index >= 15 is 0 Å². The normalized spacial score (nSPS) is 10.5. The van der Waals surface area contributed by atoms with Crippen molar-refractivity contribution in [2.24, 2.45) is 0 Å². The molecule has 2 N–H and O–H groups in total. The molecular weight excluding hydrogens is 310 g/mol. The molecule has 0 atom stereocenters. The van der Waals surface area contributed by atoms with E-state index in [0.29, 0.717) is 11.5 Å². The van der Waals surface area contributed by atoms with Crippen LogP contribution in [0, 0.1) is 0 Å². The lowest BCUT2D eigenvalue weighted by Gasteiger charge is -2.21. The number of nitrogens with zero attached hydrogens (tertiary/aromatic N) is 1. The lowest BCUT2D eigenvalue weighted by molar-refractivity contribution is 0.281. The van der Waals surface area contributed by atoms with Gasteiger partial charge in [0, 0.05) is 13.1 Å². The molecule has 0 fully saturated rings. The molecule has 2 aromatic rings. The molecule has 0 aliphatic carbocycles. The molecule has 0 saturated heterocycles. The third-order valence-electron chi connectivity index (χ3n) is 3.79. The van der Waals surface area contributed by atoms with E-state index in [9.17, 15) is 10.2 Å². The zero-order valence-corrected chi connectivity index (χ0v) is 14.4. The summed E-state index contributed by atoms with van der Waals surface area (Å²) in [6.45, 7) is 5.22. The van der Waals surface area contributed by atoms with Gasteiger partial charge in [-0.15, -0.1) is 12.4 Å². The van der Waals surface area contributed by atoms with Crippen molar-refractivity contribution in [1.29, 1.82) is 0 Å². The highest BCUT2D eigenvalue weighted by Crippen LogP contribution is 2.14. The largest absolute Gasteiger partial charge is 0.508 e. The van der Waals surface area contributed by atoms with Crippen molar-refractivity contribution in [2.75, 3.05) is 19.6 Å². The van der Waals surface area contributed by atoms with E-state index in [2.05, 4.69) is 24.0 Å². The molecule has 0 heterocycles. The first-order chi connectivity index (χ1) is 10.7. The average Bonchev–Trinajstić information content (AvgIpc) is 2.50. The monoisotopic (exact) mass is 335 g/mol. The number of hydrogen-bond donors (Lipinski definition) is 2. The second kappa shape index (κ2) is 10.1. The minimum atomic E-state index is 0. The van der Waals surface area contributed by atoms with E-state index in [1.165, 1.54) is 11.1 Å². The van der Waals surface area contributed by atoms with Crippen molar-refractivity contribution in [3.8, 4) is 11.5 Å². The van der Waals surface area contributed by atoms with E-state index < -0.39 is 0 Å². The van der Waals surface area contributed by atoms with Gasteiger partial charge in [-0.25, -0.2) is 0 Å². The second-order valence-electron chi connectivity index (χ2n) is 5.68. The fraction of sp³-hybridized carbons (Fsp3) is 0.368. The molecule has 0 aliphatic heterocycles. The van der Waals surface area contributed by atoms with Crippen LogP contribution in [0.4, 0.5) is 0 Å². The maximum Gasteiger partial charge on any atom is 0.115 e. The topological polar surface area (TPSA) is 43.7 Å². The highest BCUT2D eigenvalue weighted by molar-refractivity contribution is 5.85. The lowest BCUT2D eigenvalue weighted by Crippen LogP contribution is -2.29. The standard InChI is InChI=1S/C19H25NO2.ClH/c1-2-11-20(12-9-16-5-3-7-18(21)14-16)13-10-17-6-4-8-19(22)15-17;/h3-8,14-15,21-22H,2,9-13H2,1H3;1H. The zero-order chi connectivity index (χ0) is 15.8. The highest BCUT2D eigenvalue weighted by Gasteiger charge is 2.06. The third-order valence-corrected chi connectivity index (χ3v) is 3.79. The Morgan fingerprint density at radius 2 is 1.26 bits per heavy atom. The van der Waals surface area contributed by atoms with Crippen LogP contribution in [0.2, 0.25) is 0 Å². The molecule has 0 bridgehead atoms. The highest BCUT2D eigenvalue weighted by atomic mass is 35.5. The molecule has 2 aromatic carbocycles. The quantitative estimate of drug-likeness (QED) is 0.765.